The van der Waals surface area contributed by atoms with Crippen LogP contribution in [0.15, 0.2) is 87.6 Å². The lowest BCUT2D eigenvalue weighted by Gasteiger charge is -2.33. The molecule has 0 bridgehead atoms. The van der Waals surface area contributed by atoms with Crippen LogP contribution in [0.2, 0.25) is 0 Å². The number of fused-ring (bicyclic) bond motifs is 4. The van der Waals surface area contributed by atoms with Gasteiger partial charge in [0.2, 0.25) is 5.91 Å². The van der Waals surface area contributed by atoms with E-state index in [0.717, 1.165) is 21.4 Å². The molecule has 2 aliphatic heterocycles. The number of para-hydroxylation sites is 1. The molecule has 3 aromatic carbocycles. The Morgan fingerprint density at radius 2 is 1.87 bits per heavy atom. The highest BCUT2D eigenvalue weighted by Crippen LogP contribution is 2.55. The number of thioether (sulfide) groups is 1. The number of rotatable bonds is 3. The summed E-state index contributed by atoms with van der Waals surface area (Å²) in [6.45, 7) is 0. The van der Waals surface area contributed by atoms with E-state index in [2.05, 4.69) is 6.07 Å². The van der Waals surface area contributed by atoms with E-state index in [1.807, 2.05) is 60.7 Å². The average Bonchev–Trinajstić information content (AvgIpc) is 3.17. The Morgan fingerprint density at radius 3 is 2.61 bits per heavy atom. The summed E-state index contributed by atoms with van der Waals surface area (Å²) >= 11 is 1.46. The number of anilines is 1. The van der Waals surface area contributed by atoms with Crippen LogP contribution in [0.3, 0.4) is 0 Å². The van der Waals surface area contributed by atoms with Crippen molar-refractivity contribution in [3.63, 3.8) is 0 Å². The van der Waals surface area contributed by atoms with E-state index in [9.17, 15) is 10.1 Å². The lowest BCUT2D eigenvalue weighted by atomic mass is 9.80. The normalized spacial score (nSPS) is 17.4. The Balaban J connectivity index is 1.87. The molecule has 0 aliphatic carbocycles. The maximum absolute atomic E-state index is 12.7. The molecule has 0 aromatic heterocycles. The SMILES string of the molecule is COc1ccc2ccccc2c1C1C(C#N)=C2Sc3ccccc3N2C(N)=C1C(N)=O. The zero-order chi connectivity index (χ0) is 21.7. The molecule has 3 aromatic rings. The minimum Gasteiger partial charge on any atom is -0.496 e. The summed E-state index contributed by atoms with van der Waals surface area (Å²) < 4.78 is 5.67. The second-order valence-corrected chi connectivity index (χ2v) is 8.27. The van der Waals surface area contributed by atoms with E-state index in [-0.39, 0.29) is 11.4 Å². The van der Waals surface area contributed by atoms with Crippen LogP contribution >= 0.6 is 11.8 Å². The molecule has 0 saturated heterocycles. The number of carbonyl (C=O) groups excluding carboxylic acids is 1. The predicted octanol–water partition coefficient (Wildman–Crippen LogP) is 3.95. The van der Waals surface area contributed by atoms with E-state index in [1.165, 1.54) is 11.8 Å². The summed E-state index contributed by atoms with van der Waals surface area (Å²) in [6, 6.07) is 21.6. The summed E-state index contributed by atoms with van der Waals surface area (Å²) in [5.41, 5.74) is 14.6. The van der Waals surface area contributed by atoms with Crippen molar-refractivity contribution < 1.29 is 9.53 Å². The fourth-order valence-electron chi connectivity index (χ4n) is 4.36. The van der Waals surface area contributed by atoms with Crippen molar-refractivity contribution in [2.45, 2.75) is 10.8 Å². The van der Waals surface area contributed by atoms with Crippen molar-refractivity contribution in [1.82, 2.24) is 0 Å². The van der Waals surface area contributed by atoms with E-state index in [4.69, 9.17) is 16.2 Å². The number of nitrogens with zero attached hydrogens (tertiary/aromatic N) is 2. The summed E-state index contributed by atoms with van der Waals surface area (Å²) in [4.78, 5) is 15.4. The third kappa shape index (κ3) is 2.69. The number of carbonyl (C=O) groups is 1. The number of hydrogen-bond donors (Lipinski definition) is 2. The van der Waals surface area contributed by atoms with Gasteiger partial charge in [0.1, 0.15) is 16.6 Å². The molecule has 0 spiro atoms. The highest BCUT2D eigenvalue weighted by Gasteiger charge is 2.43. The zero-order valence-electron chi connectivity index (χ0n) is 16.6. The fraction of sp³-hybridized carbons (Fsp3) is 0.0833. The van der Waals surface area contributed by atoms with Gasteiger partial charge < -0.3 is 16.2 Å². The molecule has 1 unspecified atom stereocenters. The third-order valence-electron chi connectivity index (χ3n) is 5.67. The topological polar surface area (TPSA) is 105 Å². The van der Waals surface area contributed by atoms with Crippen molar-refractivity contribution in [3.05, 3.63) is 88.2 Å². The highest BCUT2D eigenvalue weighted by atomic mass is 32.2. The molecule has 6 nitrogen and oxygen atoms in total. The number of benzene rings is 3. The summed E-state index contributed by atoms with van der Waals surface area (Å²) in [5.74, 6) is -0.605. The van der Waals surface area contributed by atoms with Gasteiger partial charge in [0.15, 0.2) is 0 Å². The number of primary amides is 1. The van der Waals surface area contributed by atoms with E-state index in [1.54, 1.807) is 12.0 Å². The molecule has 0 fully saturated rings. The fourth-order valence-corrected chi connectivity index (χ4v) is 5.54. The summed E-state index contributed by atoms with van der Waals surface area (Å²) in [5, 5.41) is 12.8. The molecular formula is C24H18N4O2S. The molecule has 31 heavy (non-hydrogen) atoms. The first kappa shape index (κ1) is 19.1. The Bertz CT molecular complexity index is 1370. The smallest absolute Gasteiger partial charge is 0.249 e. The number of methoxy groups -OCH3 is 1. The van der Waals surface area contributed by atoms with Gasteiger partial charge in [-0.25, -0.2) is 0 Å². The molecule has 4 N–H and O–H groups in total. The largest absolute Gasteiger partial charge is 0.496 e. The Kier molecular flexibility index (Phi) is 4.38. The van der Waals surface area contributed by atoms with Crippen molar-refractivity contribution in [2.75, 3.05) is 12.0 Å². The summed E-state index contributed by atoms with van der Waals surface area (Å²) in [7, 11) is 1.57. The molecule has 0 saturated carbocycles. The van der Waals surface area contributed by atoms with Gasteiger partial charge in [-0.15, -0.1) is 0 Å². The van der Waals surface area contributed by atoms with Crippen LogP contribution in [0.25, 0.3) is 10.8 Å². The monoisotopic (exact) mass is 426 g/mol. The summed E-state index contributed by atoms with van der Waals surface area (Å²) in [6.07, 6.45) is 0. The third-order valence-corrected chi connectivity index (χ3v) is 6.83. The predicted molar refractivity (Wildman–Crippen MR) is 121 cm³/mol. The van der Waals surface area contributed by atoms with Crippen LogP contribution < -0.4 is 21.1 Å². The Hall–Kier alpha value is -3.89. The van der Waals surface area contributed by atoms with Crippen LogP contribution in [-0.4, -0.2) is 13.0 Å². The van der Waals surface area contributed by atoms with Gasteiger partial charge in [-0.1, -0.05) is 54.2 Å². The molecule has 1 atom stereocenters. The second-order valence-electron chi connectivity index (χ2n) is 7.23. The van der Waals surface area contributed by atoms with Crippen molar-refractivity contribution in [1.29, 1.82) is 5.26 Å². The molecule has 1 amide bonds. The van der Waals surface area contributed by atoms with Crippen LogP contribution in [-0.2, 0) is 4.79 Å². The molecule has 152 valence electrons. The van der Waals surface area contributed by atoms with Gasteiger partial charge in [-0.3, -0.25) is 9.69 Å². The van der Waals surface area contributed by atoms with Crippen LogP contribution in [0.4, 0.5) is 5.69 Å². The zero-order valence-corrected chi connectivity index (χ0v) is 17.4. The Labute approximate surface area is 183 Å². The highest BCUT2D eigenvalue weighted by molar-refractivity contribution is 8.03. The maximum Gasteiger partial charge on any atom is 0.249 e. The standard InChI is InChI=1S/C24H18N4O2S/c1-30-17-11-10-13-6-2-3-7-14(13)19(17)20-15(12-25)24-28(22(26)21(20)23(27)29)16-8-4-5-9-18(16)31-24/h2-11,20H,26H2,1H3,(H2,27,29). The van der Waals surface area contributed by atoms with Crippen molar-refractivity contribution in [2.24, 2.45) is 11.5 Å². The van der Waals surface area contributed by atoms with E-state index < -0.39 is 11.8 Å². The van der Waals surface area contributed by atoms with Crippen LogP contribution in [0.1, 0.15) is 11.5 Å². The van der Waals surface area contributed by atoms with E-state index in [0.29, 0.717) is 21.9 Å². The van der Waals surface area contributed by atoms with Gasteiger partial charge in [-0.2, -0.15) is 5.26 Å². The molecule has 5 rings (SSSR count). The lowest BCUT2D eigenvalue weighted by molar-refractivity contribution is -0.114. The molecule has 0 radical (unpaired) electrons. The molecular weight excluding hydrogens is 408 g/mol. The molecule has 7 heteroatoms. The number of amides is 1. The first-order valence-corrected chi connectivity index (χ1v) is 10.4. The van der Waals surface area contributed by atoms with Gasteiger partial charge in [-0.05, 0) is 29.0 Å². The second kappa shape index (κ2) is 7.11. The van der Waals surface area contributed by atoms with Crippen molar-refractivity contribution >= 4 is 34.1 Å². The minimum absolute atomic E-state index is 0.187. The van der Waals surface area contributed by atoms with Crippen molar-refractivity contribution in [3.8, 4) is 11.8 Å². The van der Waals surface area contributed by atoms with Crippen LogP contribution in [0, 0.1) is 11.3 Å². The minimum atomic E-state index is -0.739. The van der Waals surface area contributed by atoms with Gasteiger partial charge in [0.05, 0.1) is 35.9 Å². The number of nitrogens with two attached hydrogens (primary N) is 2. The number of nitriles is 1. The number of hydrogen-bond acceptors (Lipinski definition) is 6. The average molecular weight is 427 g/mol. The van der Waals surface area contributed by atoms with Crippen LogP contribution in [0.5, 0.6) is 5.75 Å². The Morgan fingerprint density at radius 1 is 1.13 bits per heavy atom. The quantitative estimate of drug-likeness (QED) is 0.657. The van der Waals surface area contributed by atoms with E-state index >= 15 is 0 Å². The molecule has 2 heterocycles. The maximum atomic E-state index is 12.7. The van der Waals surface area contributed by atoms with Gasteiger partial charge >= 0.3 is 0 Å². The first-order valence-electron chi connectivity index (χ1n) is 9.63. The first-order chi connectivity index (χ1) is 15.1. The lowest BCUT2D eigenvalue weighted by Crippen LogP contribution is -2.37. The number of ether oxygens (including phenoxy) is 1. The van der Waals surface area contributed by atoms with Gasteiger partial charge in [0.25, 0.3) is 0 Å². The van der Waals surface area contributed by atoms with Gasteiger partial charge in [0, 0.05) is 10.5 Å². The molecule has 2 aliphatic rings. The number of allylic oxidation sites excluding steroid dienone is 1.